The molecule has 1 fully saturated rings. The summed E-state index contributed by atoms with van der Waals surface area (Å²) in [6, 6.07) is 6.08. The Hall–Kier alpha value is -2.47. The van der Waals surface area contributed by atoms with E-state index in [4.69, 9.17) is 4.98 Å². The van der Waals surface area contributed by atoms with Gasteiger partial charge in [0.2, 0.25) is 0 Å². The SMILES string of the molecule is C=N/C=C(/c1cccc(N2CCC(C(C)(C)O)CC2)n1)N1C=C(C)N=CC1. The fraction of sp³-hybridized carbons (Fsp3) is 0.476. The predicted molar refractivity (Wildman–Crippen MR) is 112 cm³/mol. The first-order chi connectivity index (χ1) is 12.9. The molecule has 1 saturated heterocycles. The standard InChI is InChI=1S/C21H29N5O/c1-16-15-26(13-10-23-16)19(14-22-4)18-6-5-7-20(24-18)25-11-8-17(9-12-25)21(2,3)27/h5-7,10,14-15,17,27H,4,8-9,11-13H2,1-3H3/b19-14-. The van der Waals surface area contributed by atoms with Crippen LogP contribution in [0, 0.1) is 5.92 Å². The van der Waals surface area contributed by atoms with Gasteiger partial charge in [-0.1, -0.05) is 6.07 Å². The van der Waals surface area contributed by atoms with Crippen molar-refractivity contribution in [3.05, 3.63) is 42.0 Å². The van der Waals surface area contributed by atoms with Gasteiger partial charge in [0.25, 0.3) is 0 Å². The highest BCUT2D eigenvalue weighted by Crippen LogP contribution is 2.30. The van der Waals surface area contributed by atoms with Gasteiger partial charge in [-0.25, -0.2) is 4.98 Å². The van der Waals surface area contributed by atoms with Gasteiger partial charge < -0.3 is 14.9 Å². The molecule has 6 nitrogen and oxygen atoms in total. The predicted octanol–water partition coefficient (Wildman–Crippen LogP) is 3.32. The molecule has 0 spiro atoms. The molecule has 2 aliphatic heterocycles. The molecule has 0 aliphatic carbocycles. The first kappa shape index (κ1) is 19.3. The summed E-state index contributed by atoms with van der Waals surface area (Å²) in [5.41, 5.74) is 2.10. The molecule has 0 radical (unpaired) electrons. The fourth-order valence-corrected chi connectivity index (χ4v) is 3.68. The molecule has 0 atom stereocenters. The Morgan fingerprint density at radius 1 is 1.33 bits per heavy atom. The van der Waals surface area contributed by atoms with Crippen molar-refractivity contribution in [2.75, 3.05) is 24.5 Å². The Labute approximate surface area is 161 Å². The molecular formula is C21H29N5O. The number of anilines is 1. The van der Waals surface area contributed by atoms with Crippen LogP contribution in [-0.2, 0) is 0 Å². The molecule has 0 unspecified atom stereocenters. The van der Waals surface area contributed by atoms with Gasteiger partial charge in [0.1, 0.15) is 5.82 Å². The Morgan fingerprint density at radius 2 is 2.07 bits per heavy atom. The topological polar surface area (TPSA) is 64.3 Å². The van der Waals surface area contributed by atoms with Crippen LogP contribution >= 0.6 is 0 Å². The summed E-state index contributed by atoms with van der Waals surface area (Å²) in [5, 5.41) is 10.3. The smallest absolute Gasteiger partial charge is 0.129 e. The number of pyridine rings is 1. The summed E-state index contributed by atoms with van der Waals surface area (Å²) in [4.78, 5) is 17.6. The highest BCUT2D eigenvalue weighted by atomic mass is 16.3. The first-order valence-corrected chi connectivity index (χ1v) is 9.47. The molecule has 3 rings (SSSR count). The molecule has 0 amide bonds. The summed E-state index contributed by atoms with van der Waals surface area (Å²) in [6.07, 6.45) is 7.57. The number of piperidine rings is 1. The van der Waals surface area contributed by atoms with Crippen LogP contribution in [0.15, 0.2) is 46.3 Å². The average molecular weight is 367 g/mol. The van der Waals surface area contributed by atoms with Crippen molar-refractivity contribution in [1.29, 1.82) is 0 Å². The van der Waals surface area contributed by atoms with Crippen molar-refractivity contribution >= 4 is 24.4 Å². The number of aromatic nitrogens is 1. The van der Waals surface area contributed by atoms with Gasteiger partial charge in [0.05, 0.1) is 35.4 Å². The molecule has 27 heavy (non-hydrogen) atoms. The molecule has 3 heterocycles. The van der Waals surface area contributed by atoms with E-state index in [9.17, 15) is 5.11 Å². The number of nitrogens with zero attached hydrogens (tertiary/aromatic N) is 5. The Balaban J connectivity index is 1.79. The van der Waals surface area contributed by atoms with Gasteiger partial charge in [-0.05, 0) is 58.4 Å². The van der Waals surface area contributed by atoms with E-state index in [-0.39, 0.29) is 0 Å². The van der Waals surface area contributed by atoms with Gasteiger partial charge in [-0.3, -0.25) is 9.98 Å². The van der Waals surface area contributed by atoms with E-state index in [0.29, 0.717) is 12.5 Å². The van der Waals surface area contributed by atoms with Crippen LogP contribution in [0.5, 0.6) is 0 Å². The maximum absolute atomic E-state index is 10.3. The second kappa shape index (κ2) is 8.05. The number of aliphatic hydroxyl groups is 1. The monoisotopic (exact) mass is 367 g/mol. The zero-order valence-corrected chi connectivity index (χ0v) is 16.5. The van der Waals surface area contributed by atoms with Crippen LogP contribution in [0.3, 0.4) is 0 Å². The van der Waals surface area contributed by atoms with E-state index >= 15 is 0 Å². The summed E-state index contributed by atoms with van der Waals surface area (Å²) in [7, 11) is 0. The second-order valence-electron chi connectivity index (χ2n) is 7.73. The van der Waals surface area contributed by atoms with Crippen molar-refractivity contribution in [1.82, 2.24) is 9.88 Å². The number of aliphatic imine (C=N–C) groups is 2. The lowest BCUT2D eigenvalue weighted by molar-refractivity contribution is 0.00646. The second-order valence-corrected chi connectivity index (χ2v) is 7.73. The van der Waals surface area contributed by atoms with Gasteiger partial charge >= 0.3 is 0 Å². The minimum absolute atomic E-state index is 0.332. The average Bonchev–Trinajstić information content (AvgIpc) is 2.65. The van der Waals surface area contributed by atoms with Crippen molar-refractivity contribution in [2.45, 2.75) is 39.2 Å². The highest BCUT2D eigenvalue weighted by molar-refractivity contribution is 5.71. The molecule has 6 heteroatoms. The van der Waals surface area contributed by atoms with E-state index in [1.54, 1.807) is 6.20 Å². The summed E-state index contributed by atoms with van der Waals surface area (Å²) in [5.74, 6) is 1.29. The first-order valence-electron chi connectivity index (χ1n) is 9.47. The molecule has 0 aromatic carbocycles. The number of allylic oxidation sites excluding steroid dienone is 1. The largest absolute Gasteiger partial charge is 0.390 e. The third-order valence-electron chi connectivity index (χ3n) is 5.25. The zero-order valence-electron chi connectivity index (χ0n) is 16.5. The molecule has 1 aromatic heterocycles. The van der Waals surface area contributed by atoms with Gasteiger partial charge in [-0.2, -0.15) is 0 Å². The van der Waals surface area contributed by atoms with Crippen molar-refractivity contribution in [2.24, 2.45) is 15.9 Å². The maximum Gasteiger partial charge on any atom is 0.129 e. The lowest BCUT2D eigenvalue weighted by Crippen LogP contribution is -2.42. The maximum atomic E-state index is 10.3. The quantitative estimate of drug-likeness (QED) is 0.811. The van der Waals surface area contributed by atoms with E-state index in [1.807, 2.05) is 51.4 Å². The minimum atomic E-state index is -0.618. The Bertz CT molecular complexity index is 767. The number of hydrogen-bond donors (Lipinski definition) is 1. The number of rotatable bonds is 5. The van der Waals surface area contributed by atoms with Crippen LogP contribution in [0.2, 0.25) is 0 Å². The van der Waals surface area contributed by atoms with Gasteiger partial charge in [0, 0.05) is 25.5 Å². The molecule has 1 N–H and O–H groups in total. The fourth-order valence-electron chi connectivity index (χ4n) is 3.68. The third kappa shape index (κ3) is 4.63. The normalized spacial score (nSPS) is 19.3. The van der Waals surface area contributed by atoms with Crippen molar-refractivity contribution in [3.8, 4) is 0 Å². The molecule has 1 aromatic rings. The van der Waals surface area contributed by atoms with E-state index in [1.165, 1.54) is 0 Å². The molecular weight excluding hydrogens is 338 g/mol. The van der Waals surface area contributed by atoms with Crippen molar-refractivity contribution in [3.63, 3.8) is 0 Å². The third-order valence-corrected chi connectivity index (χ3v) is 5.25. The Morgan fingerprint density at radius 3 is 2.70 bits per heavy atom. The summed E-state index contributed by atoms with van der Waals surface area (Å²) < 4.78 is 0. The highest BCUT2D eigenvalue weighted by Gasteiger charge is 2.31. The lowest BCUT2D eigenvalue weighted by atomic mass is 9.83. The minimum Gasteiger partial charge on any atom is -0.390 e. The molecule has 144 valence electrons. The van der Waals surface area contributed by atoms with Gasteiger partial charge in [-0.15, -0.1) is 0 Å². The zero-order chi connectivity index (χ0) is 19.4. The van der Waals surface area contributed by atoms with Crippen molar-refractivity contribution < 1.29 is 5.11 Å². The van der Waals surface area contributed by atoms with E-state index < -0.39 is 5.60 Å². The number of hydrogen-bond acceptors (Lipinski definition) is 6. The Kier molecular flexibility index (Phi) is 5.75. The summed E-state index contributed by atoms with van der Waals surface area (Å²) >= 11 is 0. The van der Waals surface area contributed by atoms with Crippen LogP contribution < -0.4 is 4.90 Å². The van der Waals surface area contributed by atoms with Gasteiger partial charge in [0.15, 0.2) is 0 Å². The van der Waals surface area contributed by atoms with Crippen LogP contribution in [0.1, 0.15) is 39.3 Å². The molecule has 2 aliphatic rings. The summed E-state index contributed by atoms with van der Waals surface area (Å²) in [6.45, 7) is 11.9. The molecule has 0 saturated carbocycles. The van der Waals surface area contributed by atoms with E-state index in [2.05, 4.69) is 26.5 Å². The van der Waals surface area contributed by atoms with E-state index in [0.717, 1.165) is 48.8 Å². The van der Waals surface area contributed by atoms with Crippen LogP contribution in [-0.4, -0.2) is 53.2 Å². The van der Waals surface area contributed by atoms with Crippen LogP contribution in [0.25, 0.3) is 5.70 Å². The lowest BCUT2D eigenvalue weighted by Gasteiger charge is -2.38. The molecule has 0 bridgehead atoms. The van der Waals surface area contributed by atoms with Crippen LogP contribution in [0.4, 0.5) is 5.82 Å².